The third-order valence-electron chi connectivity index (χ3n) is 7.20. The van der Waals surface area contributed by atoms with E-state index in [0.29, 0.717) is 48.9 Å². The van der Waals surface area contributed by atoms with Crippen LogP contribution in [0.15, 0.2) is 109 Å². The minimum Gasteiger partial charge on any atom is -0.490 e. The van der Waals surface area contributed by atoms with Crippen molar-refractivity contribution in [2.45, 2.75) is 26.4 Å². The van der Waals surface area contributed by atoms with Crippen molar-refractivity contribution in [1.82, 2.24) is 4.98 Å². The first-order valence-corrected chi connectivity index (χ1v) is 16.5. The maximum absolute atomic E-state index is 14.4. The highest BCUT2D eigenvalue weighted by Crippen LogP contribution is 2.31. The molecule has 5 rings (SSSR count). The maximum Gasteiger partial charge on any atom is 0.229 e. The molecule has 0 radical (unpaired) electrons. The molecule has 0 spiro atoms. The summed E-state index contributed by atoms with van der Waals surface area (Å²) in [5.41, 5.74) is 5.71. The van der Waals surface area contributed by atoms with Crippen LogP contribution in [0.5, 0.6) is 17.2 Å². The van der Waals surface area contributed by atoms with Gasteiger partial charge >= 0.3 is 0 Å². The molecule has 4 aromatic carbocycles. The second-order valence-electron chi connectivity index (χ2n) is 10.8. The van der Waals surface area contributed by atoms with Crippen molar-refractivity contribution in [2.24, 2.45) is 0 Å². The lowest BCUT2D eigenvalue weighted by atomic mass is 10.1. The first kappa shape index (κ1) is 32.0. The summed E-state index contributed by atoms with van der Waals surface area (Å²) in [4.78, 5) is 6.23. The van der Waals surface area contributed by atoms with Crippen LogP contribution in [-0.2, 0) is 29.5 Å². The molecule has 0 saturated carbocycles. The summed E-state index contributed by atoms with van der Waals surface area (Å²) in [6.45, 7) is 3.21. The zero-order chi connectivity index (χ0) is 32.5. The van der Waals surface area contributed by atoms with E-state index < -0.39 is 15.8 Å². The number of hydrogen-bond acceptors (Lipinski definition) is 7. The topological polar surface area (TPSA) is 105 Å². The fourth-order valence-electron chi connectivity index (χ4n) is 4.91. The zero-order valence-electron chi connectivity index (χ0n) is 25.5. The number of anilines is 2. The maximum atomic E-state index is 14.4. The third kappa shape index (κ3) is 8.83. The van der Waals surface area contributed by atoms with Gasteiger partial charge in [0.05, 0.1) is 30.2 Å². The smallest absolute Gasteiger partial charge is 0.229 e. The van der Waals surface area contributed by atoms with Gasteiger partial charge in [0.25, 0.3) is 0 Å². The summed E-state index contributed by atoms with van der Waals surface area (Å²) in [6.07, 6.45) is 5.18. The van der Waals surface area contributed by atoms with Gasteiger partial charge < -0.3 is 14.4 Å². The fraction of sp³-hybridized carbons (Fsp3) is 0.167. The summed E-state index contributed by atoms with van der Waals surface area (Å²) >= 11 is 0. The summed E-state index contributed by atoms with van der Waals surface area (Å²) in [5.74, 6) is 0.659. The minimum atomic E-state index is -3.46. The van der Waals surface area contributed by atoms with Crippen molar-refractivity contribution >= 4 is 21.4 Å². The van der Waals surface area contributed by atoms with Gasteiger partial charge in [0.2, 0.25) is 10.0 Å². The van der Waals surface area contributed by atoms with E-state index in [0.717, 1.165) is 34.2 Å². The molecular formula is C36H33FN4O4S. The van der Waals surface area contributed by atoms with Gasteiger partial charge in [-0.1, -0.05) is 36.4 Å². The molecule has 0 amide bonds. The van der Waals surface area contributed by atoms with Crippen LogP contribution in [0.2, 0.25) is 0 Å². The van der Waals surface area contributed by atoms with Crippen molar-refractivity contribution in [3.05, 3.63) is 143 Å². The monoisotopic (exact) mass is 636 g/mol. The van der Waals surface area contributed by atoms with E-state index in [4.69, 9.17) is 9.47 Å². The molecule has 0 aliphatic carbocycles. The summed E-state index contributed by atoms with van der Waals surface area (Å²) in [7, 11) is -3.46. The second kappa shape index (κ2) is 14.6. The molecular weight excluding hydrogens is 603 g/mol. The number of ether oxygens (including phenoxy) is 2. The number of rotatable bonds is 13. The molecule has 1 N–H and O–H groups in total. The molecule has 0 aliphatic rings. The van der Waals surface area contributed by atoms with E-state index in [1.54, 1.807) is 36.7 Å². The van der Waals surface area contributed by atoms with Crippen molar-refractivity contribution in [1.29, 1.82) is 5.26 Å². The highest BCUT2D eigenvalue weighted by atomic mass is 32.2. The third-order valence-corrected chi connectivity index (χ3v) is 7.79. The Kier molecular flexibility index (Phi) is 10.1. The van der Waals surface area contributed by atoms with Crippen molar-refractivity contribution in [2.75, 3.05) is 22.5 Å². The molecule has 10 heteroatoms. The minimum absolute atomic E-state index is 0.111. The van der Waals surface area contributed by atoms with Gasteiger partial charge in [0, 0.05) is 43.7 Å². The molecule has 0 atom stereocenters. The van der Waals surface area contributed by atoms with Crippen molar-refractivity contribution in [3.63, 3.8) is 0 Å². The van der Waals surface area contributed by atoms with Crippen LogP contribution in [0.25, 0.3) is 0 Å². The number of nitriles is 1. The van der Waals surface area contributed by atoms with Crippen LogP contribution in [-0.4, -0.2) is 26.3 Å². The van der Waals surface area contributed by atoms with E-state index >= 15 is 0 Å². The van der Waals surface area contributed by atoms with Crippen LogP contribution in [0.4, 0.5) is 15.8 Å². The summed E-state index contributed by atoms with van der Waals surface area (Å²) in [6, 6.07) is 30.8. The number of halogens is 1. The van der Waals surface area contributed by atoms with Crippen LogP contribution >= 0.6 is 0 Å². The van der Waals surface area contributed by atoms with E-state index in [2.05, 4.69) is 20.7 Å². The van der Waals surface area contributed by atoms with Gasteiger partial charge in [-0.3, -0.25) is 9.71 Å². The highest BCUT2D eigenvalue weighted by molar-refractivity contribution is 7.92. The Morgan fingerprint density at radius 1 is 0.891 bits per heavy atom. The lowest BCUT2D eigenvalue weighted by Gasteiger charge is -2.28. The van der Waals surface area contributed by atoms with Gasteiger partial charge in [-0.2, -0.15) is 5.26 Å². The fourth-order valence-corrected chi connectivity index (χ4v) is 5.53. The van der Waals surface area contributed by atoms with Crippen molar-refractivity contribution < 1.29 is 22.3 Å². The number of aromatic nitrogens is 1. The van der Waals surface area contributed by atoms with Gasteiger partial charge in [-0.05, 0) is 83.8 Å². The van der Waals surface area contributed by atoms with Gasteiger partial charge in [-0.25, -0.2) is 12.8 Å². The van der Waals surface area contributed by atoms with Crippen LogP contribution in [0.3, 0.4) is 0 Å². The summed E-state index contributed by atoms with van der Waals surface area (Å²) in [5, 5.41) is 9.21. The van der Waals surface area contributed by atoms with Gasteiger partial charge in [0.15, 0.2) is 11.6 Å². The Morgan fingerprint density at radius 3 is 2.24 bits per heavy atom. The number of nitrogens with one attached hydrogen (secondary N) is 1. The van der Waals surface area contributed by atoms with Crippen LogP contribution in [0.1, 0.15) is 27.8 Å². The van der Waals surface area contributed by atoms with Crippen LogP contribution < -0.4 is 19.1 Å². The zero-order valence-corrected chi connectivity index (χ0v) is 26.3. The Balaban J connectivity index is 1.31. The Bertz CT molecular complexity index is 1930. The predicted molar refractivity (Wildman–Crippen MR) is 177 cm³/mol. The second-order valence-corrected chi connectivity index (χ2v) is 12.5. The van der Waals surface area contributed by atoms with E-state index in [1.165, 1.54) is 12.1 Å². The number of sulfonamides is 1. The lowest BCUT2D eigenvalue weighted by Crippen LogP contribution is -2.23. The lowest BCUT2D eigenvalue weighted by molar-refractivity contribution is 0.303. The SMILES string of the molecule is Cc1c(NS(C)(=O)=O)cccc1N(Cc1ccc(C#N)cc1)Cc1ccc(Oc2ccc(F)c(OCCc3cccnc3)c2)cc1. The number of hydrogen-bond donors (Lipinski definition) is 1. The molecule has 0 unspecified atom stereocenters. The average molecular weight is 637 g/mol. The Morgan fingerprint density at radius 2 is 1.59 bits per heavy atom. The average Bonchev–Trinajstić information content (AvgIpc) is 3.04. The van der Waals surface area contributed by atoms with Crippen molar-refractivity contribution in [3.8, 4) is 23.3 Å². The largest absolute Gasteiger partial charge is 0.490 e. The number of benzene rings is 4. The van der Waals surface area contributed by atoms with E-state index in [-0.39, 0.29) is 5.75 Å². The molecule has 8 nitrogen and oxygen atoms in total. The molecule has 1 aromatic heterocycles. The molecule has 234 valence electrons. The molecule has 0 aliphatic heterocycles. The molecule has 0 saturated heterocycles. The van der Waals surface area contributed by atoms with Gasteiger partial charge in [0.1, 0.15) is 11.5 Å². The predicted octanol–water partition coefficient (Wildman–Crippen LogP) is 7.39. The number of pyridine rings is 1. The molecule has 1 heterocycles. The molecule has 0 bridgehead atoms. The molecule has 46 heavy (non-hydrogen) atoms. The standard InChI is InChI=1S/C36H33FN4O4S/c1-26-34(40-46(2,42)43)6-3-7-35(26)41(24-29-10-8-27(22-38)9-11-29)25-30-12-14-31(15-13-30)45-32-16-17-33(37)36(21-32)44-20-18-28-5-4-19-39-23-28/h3-17,19,21,23,40H,18,20,24-25H2,1-2H3. The summed E-state index contributed by atoms with van der Waals surface area (Å²) < 4.78 is 52.7. The van der Waals surface area contributed by atoms with E-state index in [9.17, 15) is 18.1 Å². The normalized spacial score (nSPS) is 11.0. The molecule has 0 fully saturated rings. The van der Waals surface area contributed by atoms with Gasteiger partial charge in [-0.15, -0.1) is 0 Å². The Labute approximate surface area is 268 Å². The van der Waals surface area contributed by atoms with E-state index in [1.807, 2.05) is 67.6 Å². The Hall–Kier alpha value is -5.40. The first-order chi connectivity index (χ1) is 22.2. The quantitative estimate of drug-likeness (QED) is 0.144. The highest BCUT2D eigenvalue weighted by Gasteiger charge is 2.16. The molecule has 5 aromatic rings. The van der Waals surface area contributed by atoms with Crippen LogP contribution in [0, 0.1) is 24.1 Å². The number of nitrogens with zero attached hydrogens (tertiary/aromatic N) is 3. The first-order valence-electron chi connectivity index (χ1n) is 14.6.